The minimum atomic E-state index is 0.246. The van der Waals surface area contributed by atoms with Gasteiger partial charge in [0.2, 0.25) is 5.78 Å². The van der Waals surface area contributed by atoms with Crippen molar-refractivity contribution in [2.45, 2.75) is 38.1 Å². The molecule has 0 amide bonds. The monoisotopic (exact) mass is 308 g/mol. The molecule has 0 saturated heterocycles. The topological polar surface area (TPSA) is 62.5 Å². The van der Waals surface area contributed by atoms with E-state index in [0.29, 0.717) is 11.8 Å². The Morgan fingerprint density at radius 1 is 1.13 bits per heavy atom. The van der Waals surface area contributed by atoms with E-state index in [4.69, 9.17) is 0 Å². The van der Waals surface area contributed by atoms with Gasteiger partial charge < -0.3 is 10.4 Å². The van der Waals surface area contributed by atoms with Gasteiger partial charge in [0.25, 0.3) is 0 Å². The SMILES string of the molecule is Oc1cccc(-c2nc3ncccn3c2NC2CCCCC2)c1. The lowest BCUT2D eigenvalue weighted by Crippen LogP contribution is -2.23. The predicted octanol–water partition coefficient (Wildman–Crippen LogP) is 3.85. The van der Waals surface area contributed by atoms with Crippen molar-refractivity contribution in [3.8, 4) is 17.0 Å². The number of hydrogen-bond acceptors (Lipinski definition) is 4. The highest BCUT2D eigenvalue weighted by molar-refractivity contribution is 5.76. The molecular weight excluding hydrogens is 288 g/mol. The molecule has 1 aromatic carbocycles. The maximum Gasteiger partial charge on any atom is 0.235 e. The van der Waals surface area contributed by atoms with Crippen LogP contribution in [-0.2, 0) is 0 Å². The Hall–Kier alpha value is -2.56. The average Bonchev–Trinajstić information content (AvgIpc) is 2.95. The summed E-state index contributed by atoms with van der Waals surface area (Å²) in [5, 5.41) is 13.5. The molecule has 118 valence electrons. The van der Waals surface area contributed by atoms with Crippen LogP contribution >= 0.6 is 0 Å². The number of benzene rings is 1. The number of fused-ring (bicyclic) bond motifs is 1. The molecule has 2 aromatic heterocycles. The summed E-state index contributed by atoms with van der Waals surface area (Å²) < 4.78 is 1.99. The van der Waals surface area contributed by atoms with E-state index in [-0.39, 0.29) is 5.75 Å². The number of hydrogen-bond donors (Lipinski definition) is 2. The summed E-state index contributed by atoms with van der Waals surface area (Å²) in [6, 6.07) is 9.60. The van der Waals surface area contributed by atoms with E-state index in [9.17, 15) is 5.11 Å². The zero-order chi connectivity index (χ0) is 15.6. The zero-order valence-corrected chi connectivity index (χ0v) is 12.9. The Morgan fingerprint density at radius 2 is 2.00 bits per heavy atom. The molecule has 1 aliphatic rings. The number of phenolic OH excluding ortho intramolecular Hbond substituents is 1. The maximum absolute atomic E-state index is 9.79. The van der Waals surface area contributed by atoms with Crippen molar-refractivity contribution in [1.82, 2.24) is 14.4 Å². The normalized spacial score (nSPS) is 15.8. The molecule has 1 fully saturated rings. The fraction of sp³-hybridized carbons (Fsp3) is 0.333. The van der Waals surface area contributed by atoms with E-state index in [2.05, 4.69) is 15.3 Å². The molecule has 0 spiro atoms. The smallest absolute Gasteiger partial charge is 0.235 e. The first-order valence-corrected chi connectivity index (χ1v) is 8.20. The van der Waals surface area contributed by atoms with Crippen LogP contribution in [0.15, 0.2) is 42.7 Å². The standard InChI is InChI=1S/C18H20N4O/c23-15-9-4-6-13(12-15)16-17(20-14-7-2-1-3-8-14)22-11-5-10-19-18(22)21-16/h4-6,9-12,14,20,23H,1-3,7-8H2. The third-order valence-corrected chi connectivity index (χ3v) is 4.47. The second-order valence-corrected chi connectivity index (χ2v) is 6.13. The van der Waals surface area contributed by atoms with Crippen LogP contribution in [-0.4, -0.2) is 25.5 Å². The molecule has 2 heterocycles. The van der Waals surface area contributed by atoms with Crippen LogP contribution in [0.5, 0.6) is 5.75 Å². The second-order valence-electron chi connectivity index (χ2n) is 6.13. The Morgan fingerprint density at radius 3 is 2.83 bits per heavy atom. The highest BCUT2D eigenvalue weighted by atomic mass is 16.3. The Labute approximate surface area is 135 Å². The number of rotatable bonds is 3. The summed E-state index contributed by atoms with van der Waals surface area (Å²) in [4.78, 5) is 9.02. The predicted molar refractivity (Wildman–Crippen MR) is 90.6 cm³/mol. The van der Waals surface area contributed by atoms with Gasteiger partial charge in [0, 0.05) is 24.0 Å². The first-order chi connectivity index (χ1) is 11.3. The molecule has 0 atom stereocenters. The Kier molecular flexibility index (Phi) is 3.61. The van der Waals surface area contributed by atoms with Gasteiger partial charge in [0.1, 0.15) is 17.3 Å². The molecule has 0 aliphatic heterocycles. The van der Waals surface area contributed by atoms with E-state index in [1.54, 1.807) is 18.3 Å². The minimum Gasteiger partial charge on any atom is -0.508 e. The van der Waals surface area contributed by atoms with E-state index in [1.165, 1.54) is 32.1 Å². The molecule has 1 saturated carbocycles. The van der Waals surface area contributed by atoms with E-state index >= 15 is 0 Å². The van der Waals surface area contributed by atoms with Gasteiger partial charge in [-0.25, -0.2) is 9.97 Å². The van der Waals surface area contributed by atoms with Crippen molar-refractivity contribution in [2.75, 3.05) is 5.32 Å². The fourth-order valence-corrected chi connectivity index (χ4v) is 3.32. The van der Waals surface area contributed by atoms with E-state index < -0.39 is 0 Å². The van der Waals surface area contributed by atoms with E-state index in [1.807, 2.05) is 28.8 Å². The number of aromatic nitrogens is 3. The van der Waals surface area contributed by atoms with Crippen molar-refractivity contribution in [2.24, 2.45) is 0 Å². The summed E-state index contributed by atoms with van der Waals surface area (Å²) >= 11 is 0. The first-order valence-electron chi connectivity index (χ1n) is 8.20. The largest absolute Gasteiger partial charge is 0.508 e. The highest BCUT2D eigenvalue weighted by Crippen LogP contribution is 2.32. The van der Waals surface area contributed by atoms with Gasteiger partial charge in [-0.05, 0) is 31.0 Å². The van der Waals surface area contributed by atoms with Crippen LogP contribution in [0.1, 0.15) is 32.1 Å². The van der Waals surface area contributed by atoms with Gasteiger partial charge in [0.15, 0.2) is 0 Å². The van der Waals surface area contributed by atoms with Crippen LogP contribution in [0.3, 0.4) is 0 Å². The highest BCUT2D eigenvalue weighted by Gasteiger charge is 2.20. The number of nitrogens with one attached hydrogen (secondary N) is 1. The summed E-state index contributed by atoms with van der Waals surface area (Å²) in [5.74, 6) is 1.88. The maximum atomic E-state index is 9.79. The summed E-state index contributed by atoms with van der Waals surface area (Å²) in [6.45, 7) is 0. The average molecular weight is 308 g/mol. The lowest BCUT2D eigenvalue weighted by molar-refractivity contribution is 0.461. The van der Waals surface area contributed by atoms with Gasteiger partial charge in [-0.3, -0.25) is 4.40 Å². The molecule has 4 rings (SSSR count). The third-order valence-electron chi connectivity index (χ3n) is 4.47. The van der Waals surface area contributed by atoms with Gasteiger partial charge in [-0.15, -0.1) is 0 Å². The number of nitrogens with zero attached hydrogens (tertiary/aromatic N) is 3. The molecule has 2 N–H and O–H groups in total. The van der Waals surface area contributed by atoms with Gasteiger partial charge >= 0.3 is 0 Å². The van der Waals surface area contributed by atoms with Crippen molar-refractivity contribution in [3.05, 3.63) is 42.7 Å². The number of phenols is 1. The van der Waals surface area contributed by atoms with Gasteiger partial charge in [-0.2, -0.15) is 0 Å². The second kappa shape index (κ2) is 5.91. The molecule has 0 unspecified atom stereocenters. The lowest BCUT2D eigenvalue weighted by Gasteiger charge is -2.24. The van der Waals surface area contributed by atoms with Crippen molar-refractivity contribution in [3.63, 3.8) is 0 Å². The van der Waals surface area contributed by atoms with Gasteiger partial charge in [0.05, 0.1) is 0 Å². The molecule has 0 bridgehead atoms. The molecule has 1 aliphatic carbocycles. The summed E-state index contributed by atoms with van der Waals surface area (Å²) in [5.41, 5.74) is 1.74. The molecule has 3 aromatic rings. The summed E-state index contributed by atoms with van der Waals surface area (Å²) in [6.07, 6.45) is 9.97. The number of aromatic hydroxyl groups is 1. The van der Waals surface area contributed by atoms with Crippen LogP contribution in [0.4, 0.5) is 5.82 Å². The van der Waals surface area contributed by atoms with Gasteiger partial charge in [-0.1, -0.05) is 31.4 Å². The third kappa shape index (κ3) is 2.74. The molecule has 0 radical (unpaired) electrons. The Balaban J connectivity index is 1.80. The van der Waals surface area contributed by atoms with E-state index in [0.717, 1.165) is 17.1 Å². The zero-order valence-electron chi connectivity index (χ0n) is 12.9. The molecule has 23 heavy (non-hydrogen) atoms. The van der Waals surface area contributed by atoms with Crippen LogP contribution in [0, 0.1) is 0 Å². The molecular formula is C18H20N4O. The van der Waals surface area contributed by atoms with Crippen molar-refractivity contribution < 1.29 is 5.11 Å². The van der Waals surface area contributed by atoms with Crippen molar-refractivity contribution in [1.29, 1.82) is 0 Å². The van der Waals surface area contributed by atoms with Crippen LogP contribution in [0.2, 0.25) is 0 Å². The summed E-state index contributed by atoms with van der Waals surface area (Å²) in [7, 11) is 0. The van der Waals surface area contributed by atoms with Crippen LogP contribution < -0.4 is 5.32 Å². The Bertz CT molecular complexity index is 821. The molecule has 5 nitrogen and oxygen atoms in total. The lowest BCUT2D eigenvalue weighted by atomic mass is 9.95. The minimum absolute atomic E-state index is 0.246. The fourth-order valence-electron chi connectivity index (χ4n) is 3.32. The number of anilines is 1. The van der Waals surface area contributed by atoms with Crippen molar-refractivity contribution >= 4 is 11.6 Å². The van der Waals surface area contributed by atoms with Crippen LogP contribution in [0.25, 0.3) is 17.0 Å². The quantitative estimate of drug-likeness (QED) is 0.771. The molecule has 5 heteroatoms. The number of imidazole rings is 1. The first kappa shape index (κ1) is 14.1.